The molecule has 2 aromatic rings. The van der Waals surface area contributed by atoms with E-state index >= 15 is 0 Å². The van der Waals surface area contributed by atoms with Gasteiger partial charge < -0.3 is 4.74 Å². The van der Waals surface area contributed by atoms with Gasteiger partial charge in [0.25, 0.3) is 0 Å². The monoisotopic (exact) mass is 373 g/mol. The average molecular weight is 374 g/mol. The van der Waals surface area contributed by atoms with E-state index in [0.717, 1.165) is 34.2 Å². The Kier molecular flexibility index (Phi) is 4.43. The zero-order valence-corrected chi connectivity index (χ0v) is 14.8. The molecule has 0 unspecified atom stereocenters. The van der Waals surface area contributed by atoms with Gasteiger partial charge in [-0.05, 0) is 78.3 Å². The molecule has 0 spiro atoms. The maximum Gasteiger partial charge on any atom is 0.247 e. The number of benzene rings is 1. The van der Waals surface area contributed by atoms with Crippen LogP contribution in [-0.2, 0) is 0 Å². The Morgan fingerprint density at radius 1 is 1.09 bits per heavy atom. The van der Waals surface area contributed by atoms with Crippen molar-refractivity contribution in [2.24, 2.45) is 5.92 Å². The summed E-state index contributed by atoms with van der Waals surface area (Å²) in [5.41, 5.74) is 3.61. The average Bonchev–Trinajstić information content (AvgIpc) is 3.37. The third-order valence-electron chi connectivity index (χ3n) is 4.94. The molecular weight excluding hydrogens is 352 g/mol. The lowest BCUT2D eigenvalue weighted by atomic mass is 9.84. The summed E-state index contributed by atoms with van der Waals surface area (Å²) in [4.78, 5) is 0. The van der Waals surface area contributed by atoms with Gasteiger partial charge in [-0.3, -0.25) is 5.10 Å². The molecule has 4 heteroatoms. The summed E-state index contributed by atoms with van der Waals surface area (Å²) in [6, 6.07) is 8.92. The fourth-order valence-corrected chi connectivity index (χ4v) is 3.78. The molecule has 1 radical (unpaired) electrons. The summed E-state index contributed by atoms with van der Waals surface area (Å²) in [6.45, 7) is 0.778. The van der Waals surface area contributed by atoms with Crippen LogP contribution in [0.3, 0.4) is 0 Å². The molecule has 1 aromatic carbocycles. The molecule has 23 heavy (non-hydrogen) atoms. The van der Waals surface area contributed by atoms with Crippen LogP contribution >= 0.6 is 15.9 Å². The van der Waals surface area contributed by atoms with Crippen LogP contribution in [0.4, 0.5) is 0 Å². The van der Waals surface area contributed by atoms with Gasteiger partial charge in [-0.2, -0.15) is 0 Å². The minimum atomic E-state index is 0.679. The Labute approximate surface area is 146 Å². The first-order chi connectivity index (χ1) is 11.3. The molecule has 2 aliphatic rings. The van der Waals surface area contributed by atoms with Crippen LogP contribution in [-0.4, -0.2) is 16.8 Å². The maximum atomic E-state index is 5.79. The van der Waals surface area contributed by atoms with E-state index in [2.05, 4.69) is 56.8 Å². The Hall–Kier alpha value is -1.29. The van der Waals surface area contributed by atoms with Crippen LogP contribution in [0.25, 0.3) is 11.3 Å². The fraction of sp³-hybridized carbons (Fsp3) is 0.474. The smallest absolute Gasteiger partial charge is 0.247 e. The zero-order valence-electron chi connectivity index (χ0n) is 13.2. The highest BCUT2D eigenvalue weighted by atomic mass is 79.9. The van der Waals surface area contributed by atoms with Gasteiger partial charge in [-0.25, -0.2) is 0 Å². The van der Waals surface area contributed by atoms with Gasteiger partial charge in [0.15, 0.2) is 0 Å². The molecule has 1 N–H and O–H groups in total. The van der Waals surface area contributed by atoms with Gasteiger partial charge in [0.2, 0.25) is 5.88 Å². The van der Waals surface area contributed by atoms with E-state index in [4.69, 9.17) is 4.74 Å². The van der Waals surface area contributed by atoms with E-state index in [0.29, 0.717) is 5.88 Å². The number of nitrogens with one attached hydrogen (secondary N) is 1. The topological polar surface area (TPSA) is 37.9 Å². The highest BCUT2D eigenvalue weighted by molar-refractivity contribution is 9.10. The molecule has 0 amide bonds. The van der Waals surface area contributed by atoms with Gasteiger partial charge in [0.05, 0.1) is 12.3 Å². The molecule has 0 saturated heterocycles. The van der Waals surface area contributed by atoms with Crippen molar-refractivity contribution in [2.45, 2.75) is 44.4 Å². The molecular formula is C19H22BrN2O. The molecule has 1 heterocycles. The van der Waals surface area contributed by atoms with Crippen LogP contribution < -0.4 is 4.74 Å². The third-order valence-corrected chi connectivity index (χ3v) is 5.67. The van der Waals surface area contributed by atoms with E-state index in [1.165, 1.54) is 44.1 Å². The van der Waals surface area contributed by atoms with E-state index in [-0.39, 0.29) is 0 Å². The lowest BCUT2D eigenvalue weighted by Gasteiger charge is -2.21. The second kappa shape index (κ2) is 6.68. The maximum absolute atomic E-state index is 5.79. The van der Waals surface area contributed by atoms with E-state index in [9.17, 15) is 0 Å². The standard InChI is InChI=1S/C19H22BrN2O/c20-17-18(21-22-19(17)23-12-13-6-7-13)16-10-8-15(9-11-16)14-4-2-1-3-5-14/h1,8-11,13-14H,2-7,12H2,(H,21,22). The van der Waals surface area contributed by atoms with Crippen molar-refractivity contribution in [1.29, 1.82) is 0 Å². The molecule has 0 aliphatic heterocycles. The molecule has 0 atom stereocenters. The summed E-state index contributed by atoms with van der Waals surface area (Å²) < 4.78 is 6.72. The number of hydrogen-bond acceptors (Lipinski definition) is 2. The molecule has 3 nitrogen and oxygen atoms in total. The van der Waals surface area contributed by atoms with E-state index in [1.54, 1.807) is 0 Å². The molecule has 121 valence electrons. The van der Waals surface area contributed by atoms with Crippen molar-refractivity contribution in [2.75, 3.05) is 6.61 Å². The largest absolute Gasteiger partial charge is 0.476 e. The van der Waals surface area contributed by atoms with Gasteiger partial charge in [-0.1, -0.05) is 24.3 Å². The quantitative estimate of drug-likeness (QED) is 0.752. The summed E-state index contributed by atoms with van der Waals surface area (Å²) >= 11 is 3.63. The van der Waals surface area contributed by atoms with Gasteiger partial charge in [-0.15, -0.1) is 5.10 Å². The zero-order chi connectivity index (χ0) is 15.6. The van der Waals surface area contributed by atoms with Crippen LogP contribution in [0, 0.1) is 12.3 Å². The number of nitrogens with zero attached hydrogens (tertiary/aromatic N) is 1. The highest BCUT2D eigenvalue weighted by Crippen LogP contribution is 2.37. The second-order valence-electron chi connectivity index (χ2n) is 6.73. The van der Waals surface area contributed by atoms with E-state index < -0.39 is 0 Å². The number of aromatic nitrogens is 2. The number of H-pyrrole nitrogens is 1. The Morgan fingerprint density at radius 2 is 1.83 bits per heavy atom. The number of rotatable bonds is 5. The summed E-state index contributed by atoms with van der Waals surface area (Å²) in [5.74, 6) is 2.13. The van der Waals surface area contributed by atoms with Crippen LogP contribution in [0.5, 0.6) is 5.88 Å². The predicted molar refractivity (Wildman–Crippen MR) is 95.5 cm³/mol. The minimum absolute atomic E-state index is 0.679. The fourth-order valence-electron chi connectivity index (χ4n) is 3.26. The van der Waals surface area contributed by atoms with E-state index in [1.807, 2.05) is 0 Å². The number of aromatic amines is 1. The first-order valence-electron chi connectivity index (χ1n) is 8.60. The van der Waals surface area contributed by atoms with Crippen molar-refractivity contribution >= 4 is 15.9 Å². The van der Waals surface area contributed by atoms with Crippen LogP contribution in [0.1, 0.15) is 50.0 Å². The highest BCUT2D eigenvalue weighted by Gasteiger charge is 2.23. The van der Waals surface area contributed by atoms with Crippen molar-refractivity contribution in [3.05, 3.63) is 40.7 Å². The van der Waals surface area contributed by atoms with Crippen LogP contribution in [0.15, 0.2) is 28.7 Å². The van der Waals surface area contributed by atoms with Crippen molar-refractivity contribution < 1.29 is 4.74 Å². The van der Waals surface area contributed by atoms with Crippen molar-refractivity contribution in [3.63, 3.8) is 0 Å². The SMILES string of the molecule is Brc1c(OCC2CC2)n[nH]c1-c1ccc(C2CC[CH]CC2)cc1. The molecule has 2 aliphatic carbocycles. The lowest BCUT2D eigenvalue weighted by Crippen LogP contribution is -2.04. The molecule has 0 bridgehead atoms. The molecule has 2 saturated carbocycles. The van der Waals surface area contributed by atoms with Crippen molar-refractivity contribution in [3.8, 4) is 17.1 Å². The minimum Gasteiger partial charge on any atom is -0.476 e. The van der Waals surface area contributed by atoms with Crippen LogP contribution in [0.2, 0.25) is 0 Å². The van der Waals surface area contributed by atoms with Gasteiger partial charge in [0.1, 0.15) is 4.47 Å². The summed E-state index contributed by atoms with van der Waals surface area (Å²) in [7, 11) is 0. The molecule has 4 rings (SSSR count). The number of ether oxygens (including phenoxy) is 1. The first-order valence-corrected chi connectivity index (χ1v) is 9.39. The summed E-state index contributed by atoms with van der Waals surface area (Å²) in [6.07, 6.45) is 10.1. The van der Waals surface area contributed by atoms with Gasteiger partial charge >= 0.3 is 0 Å². The predicted octanol–water partition coefficient (Wildman–Crippen LogP) is 5.49. The summed E-state index contributed by atoms with van der Waals surface area (Å²) in [5, 5.41) is 7.41. The second-order valence-corrected chi connectivity index (χ2v) is 7.53. The normalized spacial score (nSPS) is 19.0. The first kappa shape index (κ1) is 15.3. The Bertz CT molecular complexity index is 655. The van der Waals surface area contributed by atoms with Crippen molar-refractivity contribution in [1.82, 2.24) is 10.2 Å². The lowest BCUT2D eigenvalue weighted by molar-refractivity contribution is 0.286. The molecule has 2 fully saturated rings. The number of halogens is 1. The third kappa shape index (κ3) is 3.47. The Balaban J connectivity index is 1.48. The number of hydrogen-bond donors (Lipinski definition) is 1. The Morgan fingerprint density at radius 3 is 2.52 bits per heavy atom. The van der Waals surface area contributed by atoms with Gasteiger partial charge in [0, 0.05) is 5.56 Å². The molecule has 1 aromatic heterocycles.